The fraction of sp³-hybridized carbons (Fsp3) is 0.333. The third kappa shape index (κ3) is 3.17. The lowest BCUT2D eigenvalue weighted by Crippen LogP contribution is -2.24. The van der Waals surface area contributed by atoms with E-state index in [1.165, 1.54) is 5.56 Å². The van der Waals surface area contributed by atoms with Gasteiger partial charge in [-0.15, -0.1) is 0 Å². The zero-order valence-electron chi connectivity index (χ0n) is 12.0. The van der Waals surface area contributed by atoms with Gasteiger partial charge in [0.25, 0.3) is 0 Å². The van der Waals surface area contributed by atoms with Crippen LogP contribution in [0.25, 0.3) is 0 Å². The zero-order chi connectivity index (χ0) is 14.4. The van der Waals surface area contributed by atoms with Crippen molar-refractivity contribution in [3.8, 4) is 0 Å². The molecule has 5 heteroatoms. The Hall–Kier alpha value is -2.30. The smallest absolute Gasteiger partial charge is 0.157 e. The number of hydrogen-bond donors (Lipinski definition) is 2. The first-order chi connectivity index (χ1) is 9.76. The van der Waals surface area contributed by atoms with E-state index in [2.05, 4.69) is 46.2 Å². The Balaban J connectivity index is 2.14. The molecule has 1 aromatic carbocycles. The second-order valence-corrected chi connectivity index (χ2v) is 4.47. The van der Waals surface area contributed by atoms with Gasteiger partial charge in [0.05, 0.1) is 0 Å². The van der Waals surface area contributed by atoms with E-state index in [1.54, 1.807) is 6.33 Å². The van der Waals surface area contributed by atoms with E-state index in [1.807, 2.05) is 18.2 Å². The van der Waals surface area contributed by atoms with Gasteiger partial charge in [-0.05, 0) is 19.4 Å². The predicted octanol–water partition coefficient (Wildman–Crippen LogP) is 2.52. The van der Waals surface area contributed by atoms with Crippen LogP contribution in [0.4, 0.5) is 17.3 Å². The summed E-state index contributed by atoms with van der Waals surface area (Å²) in [6.07, 6.45) is 1.55. The summed E-state index contributed by atoms with van der Waals surface area (Å²) in [5.41, 5.74) is 7.96. The summed E-state index contributed by atoms with van der Waals surface area (Å²) >= 11 is 0. The van der Waals surface area contributed by atoms with E-state index in [4.69, 9.17) is 5.73 Å². The standard InChI is InChI=1S/C15H21N5/c1-3-20(4-2)15-13(16)14(18-11-19-15)17-10-12-8-6-5-7-9-12/h5-9,11H,3-4,10,16H2,1-2H3,(H,17,18,19). The summed E-state index contributed by atoms with van der Waals surface area (Å²) in [6.45, 7) is 6.61. The van der Waals surface area contributed by atoms with Crippen LogP contribution in [0, 0.1) is 0 Å². The van der Waals surface area contributed by atoms with E-state index >= 15 is 0 Å². The van der Waals surface area contributed by atoms with Crippen molar-refractivity contribution < 1.29 is 0 Å². The van der Waals surface area contributed by atoms with Gasteiger partial charge in [-0.3, -0.25) is 0 Å². The van der Waals surface area contributed by atoms with E-state index in [9.17, 15) is 0 Å². The molecule has 3 N–H and O–H groups in total. The summed E-state index contributed by atoms with van der Waals surface area (Å²) in [6, 6.07) is 10.2. The van der Waals surface area contributed by atoms with Crippen LogP contribution in [-0.2, 0) is 6.54 Å². The van der Waals surface area contributed by atoms with Gasteiger partial charge in [-0.1, -0.05) is 30.3 Å². The molecule has 0 aliphatic carbocycles. The van der Waals surface area contributed by atoms with Gasteiger partial charge in [0, 0.05) is 19.6 Å². The van der Waals surface area contributed by atoms with Crippen LogP contribution < -0.4 is 16.0 Å². The maximum absolute atomic E-state index is 6.17. The van der Waals surface area contributed by atoms with Crippen LogP contribution >= 0.6 is 0 Å². The molecule has 0 amide bonds. The Kier molecular flexibility index (Phi) is 4.76. The SMILES string of the molecule is CCN(CC)c1ncnc(NCc2ccccc2)c1N. The predicted molar refractivity (Wildman–Crippen MR) is 83.8 cm³/mol. The quantitative estimate of drug-likeness (QED) is 0.845. The van der Waals surface area contributed by atoms with Crippen molar-refractivity contribution in [1.82, 2.24) is 9.97 Å². The number of rotatable bonds is 6. The first-order valence-corrected chi connectivity index (χ1v) is 6.89. The molecule has 2 aromatic rings. The van der Waals surface area contributed by atoms with Gasteiger partial charge in [-0.2, -0.15) is 0 Å². The fourth-order valence-electron chi connectivity index (χ4n) is 2.08. The normalized spacial score (nSPS) is 10.3. The number of aromatic nitrogens is 2. The molecule has 5 nitrogen and oxygen atoms in total. The van der Waals surface area contributed by atoms with E-state index in [0.717, 1.165) is 18.9 Å². The molecule has 0 fully saturated rings. The van der Waals surface area contributed by atoms with Gasteiger partial charge in [-0.25, -0.2) is 9.97 Å². The number of anilines is 3. The van der Waals surface area contributed by atoms with Crippen molar-refractivity contribution in [3.05, 3.63) is 42.2 Å². The van der Waals surface area contributed by atoms with Crippen molar-refractivity contribution in [2.75, 3.05) is 29.0 Å². The Morgan fingerprint density at radius 2 is 1.80 bits per heavy atom. The van der Waals surface area contributed by atoms with Crippen molar-refractivity contribution in [2.45, 2.75) is 20.4 Å². The first-order valence-electron chi connectivity index (χ1n) is 6.89. The van der Waals surface area contributed by atoms with E-state index in [-0.39, 0.29) is 0 Å². The number of nitrogens with two attached hydrogens (primary N) is 1. The molecule has 0 unspecified atom stereocenters. The van der Waals surface area contributed by atoms with Crippen LogP contribution in [0.1, 0.15) is 19.4 Å². The van der Waals surface area contributed by atoms with Gasteiger partial charge >= 0.3 is 0 Å². The molecule has 0 atom stereocenters. The summed E-state index contributed by atoms with van der Waals surface area (Å²) < 4.78 is 0. The third-order valence-corrected chi connectivity index (χ3v) is 3.23. The highest BCUT2D eigenvalue weighted by Crippen LogP contribution is 2.26. The molecule has 0 saturated carbocycles. The average Bonchev–Trinajstić information content (AvgIpc) is 2.50. The highest BCUT2D eigenvalue weighted by Gasteiger charge is 2.12. The molecular weight excluding hydrogens is 250 g/mol. The second-order valence-electron chi connectivity index (χ2n) is 4.47. The highest BCUT2D eigenvalue weighted by molar-refractivity contribution is 5.74. The maximum Gasteiger partial charge on any atom is 0.157 e. The molecule has 0 saturated heterocycles. The van der Waals surface area contributed by atoms with Crippen LogP contribution in [0.3, 0.4) is 0 Å². The average molecular weight is 271 g/mol. The molecule has 1 heterocycles. The van der Waals surface area contributed by atoms with Crippen molar-refractivity contribution in [1.29, 1.82) is 0 Å². The minimum absolute atomic E-state index is 0.604. The summed E-state index contributed by atoms with van der Waals surface area (Å²) in [5.74, 6) is 1.48. The van der Waals surface area contributed by atoms with E-state index in [0.29, 0.717) is 18.1 Å². The lowest BCUT2D eigenvalue weighted by Gasteiger charge is -2.22. The largest absolute Gasteiger partial charge is 0.393 e. The molecule has 1 aromatic heterocycles. The molecule has 106 valence electrons. The molecule has 0 radical (unpaired) electrons. The number of nitrogen functional groups attached to an aromatic ring is 1. The summed E-state index contributed by atoms with van der Waals surface area (Å²) in [4.78, 5) is 10.6. The van der Waals surface area contributed by atoms with Crippen LogP contribution in [0.5, 0.6) is 0 Å². The van der Waals surface area contributed by atoms with Crippen molar-refractivity contribution in [3.63, 3.8) is 0 Å². The minimum Gasteiger partial charge on any atom is -0.393 e. The van der Waals surface area contributed by atoms with Crippen molar-refractivity contribution >= 4 is 17.3 Å². The van der Waals surface area contributed by atoms with E-state index < -0.39 is 0 Å². The Morgan fingerprint density at radius 1 is 1.10 bits per heavy atom. The molecular formula is C15H21N5. The van der Waals surface area contributed by atoms with Gasteiger partial charge < -0.3 is 16.0 Å². The molecule has 0 aliphatic rings. The number of nitrogens with zero attached hydrogens (tertiary/aromatic N) is 3. The number of hydrogen-bond acceptors (Lipinski definition) is 5. The molecule has 0 bridgehead atoms. The Bertz CT molecular complexity index is 537. The second kappa shape index (κ2) is 6.75. The Labute approximate surface area is 119 Å². The van der Waals surface area contributed by atoms with Crippen LogP contribution in [0.15, 0.2) is 36.7 Å². The summed E-state index contributed by atoms with van der Waals surface area (Å²) in [7, 11) is 0. The number of nitrogens with one attached hydrogen (secondary N) is 1. The van der Waals surface area contributed by atoms with Crippen LogP contribution in [-0.4, -0.2) is 23.1 Å². The number of benzene rings is 1. The monoisotopic (exact) mass is 271 g/mol. The lowest BCUT2D eigenvalue weighted by molar-refractivity contribution is 0.843. The fourth-order valence-corrected chi connectivity index (χ4v) is 2.08. The molecule has 20 heavy (non-hydrogen) atoms. The first kappa shape index (κ1) is 14.1. The molecule has 0 spiro atoms. The molecule has 0 aliphatic heterocycles. The summed E-state index contributed by atoms with van der Waals surface area (Å²) in [5, 5.41) is 3.27. The highest BCUT2D eigenvalue weighted by atomic mass is 15.2. The Morgan fingerprint density at radius 3 is 2.45 bits per heavy atom. The topological polar surface area (TPSA) is 67.1 Å². The van der Waals surface area contributed by atoms with Crippen LogP contribution in [0.2, 0.25) is 0 Å². The molecule has 2 rings (SSSR count). The van der Waals surface area contributed by atoms with Gasteiger partial charge in [0.15, 0.2) is 11.6 Å². The zero-order valence-corrected chi connectivity index (χ0v) is 12.0. The van der Waals surface area contributed by atoms with Crippen molar-refractivity contribution in [2.24, 2.45) is 0 Å². The minimum atomic E-state index is 0.604. The lowest BCUT2D eigenvalue weighted by atomic mass is 10.2. The third-order valence-electron chi connectivity index (χ3n) is 3.23. The van der Waals surface area contributed by atoms with Gasteiger partial charge in [0.2, 0.25) is 0 Å². The maximum atomic E-state index is 6.17. The van der Waals surface area contributed by atoms with Gasteiger partial charge in [0.1, 0.15) is 12.0 Å².